The summed E-state index contributed by atoms with van der Waals surface area (Å²) in [5.74, 6) is 0. The number of aromatic nitrogens is 1. The van der Waals surface area contributed by atoms with Gasteiger partial charge in [0.15, 0.2) is 0 Å². The van der Waals surface area contributed by atoms with Crippen molar-refractivity contribution in [3.8, 4) is 0 Å². The third-order valence-corrected chi connectivity index (χ3v) is 3.89. The van der Waals surface area contributed by atoms with E-state index in [4.69, 9.17) is 18.0 Å². The van der Waals surface area contributed by atoms with E-state index in [0.717, 1.165) is 28.6 Å². The van der Waals surface area contributed by atoms with Gasteiger partial charge in [-0.3, -0.25) is 4.98 Å². The fourth-order valence-electron chi connectivity index (χ4n) is 2.50. The van der Waals surface area contributed by atoms with Gasteiger partial charge in [0.2, 0.25) is 0 Å². The number of anilines is 1. The molecule has 2 aromatic rings. The first-order valence-corrected chi connectivity index (χ1v) is 7.98. The Morgan fingerprint density at radius 3 is 2.81 bits per heavy atom. The van der Waals surface area contributed by atoms with Gasteiger partial charge in [-0.15, -0.1) is 0 Å². The van der Waals surface area contributed by atoms with Gasteiger partial charge >= 0.3 is 0 Å². The minimum absolute atomic E-state index is 0.385. The monoisotopic (exact) mass is 301 g/mol. The van der Waals surface area contributed by atoms with Crippen molar-refractivity contribution in [3.05, 3.63) is 36.0 Å². The lowest BCUT2D eigenvalue weighted by Gasteiger charge is -2.19. The van der Waals surface area contributed by atoms with Gasteiger partial charge in [-0.25, -0.2) is 0 Å². The molecule has 1 heterocycles. The van der Waals surface area contributed by atoms with E-state index in [1.165, 1.54) is 19.3 Å². The van der Waals surface area contributed by atoms with Crippen LogP contribution in [0.2, 0.25) is 0 Å². The molecule has 1 atom stereocenters. The zero-order valence-electron chi connectivity index (χ0n) is 12.7. The van der Waals surface area contributed by atoms with Crippen LogP contribution in [0.5, 0.6) is 0 Å². The van der Waals surface area contributed by atoms with Gasteiger partial charge < -0.3 is 11.1 Å². The van der Waals surface area contributed by atoms with Crippen molar-refractivity contribution in [1.29, 1.82) is 0 Å². The molecule has 0 aliphatic rings. The maximum absolute atomic E-state index is 5.85. The zero-order valence-corrected chi connectivity index (χ0v) is 13.5. The fourth-order valence-corrected chi connectivity index (χ4v) is 2.66. The molecule has 112 valence electrons. The van der Waals surface area contributed by atoms with Crippen LogP contribution in [0.1, 0.15) is 45.1 Å². The summed E-state index contributed by atoms with van der Waals surface area (Å²) in [6.45, 7) is 4.42. The van der Waals surface area contributed by atoms with Crippen molar-refractivity contribution in [3.63, 3.8) is 0 Å². The second kappa shape index (κ2) is 7.36. The quantitative estimate of drug-likeness (QED) is 0.593. The Morgan fingerprint density at radius 2 is 2.10 bits per heavy atom. The molecule has 0 aliphatic heterocycles. The molecule has 1 unspecified atom stereocenters. The minimum Gasteiger partial charge on any atom is -0.389 e. The van der Waals surface area contributed by atoms with Crippen LogP contribution in [-0.2, 0) is 0 Å². The van der Waals surface area contributed by atoms with Crippen LogP contribution < -0.4 is 11.1 Å². The summed E-state index contributed by atoms with van der Waals surface area (Å²) in [5, 5.41) is 4.66. The number of nitrogens with one attached hydrogen (secondary N) is 1. The predicted octanol–water partition coefficient (Wildman–Crippen LogP) is 4.25. The first kappa shape index (κ1) is 15.7. The molecular weight excluding hydrogens is 278 g/mol. The number of pyridine rings is 1. The van der Waals surface area contributed by atoms with E-state index < -0.39 is 0 Å². The SMILES string of the molecule is CCCCCC(C)Nc1c(C(N)=S)cnc2ccccc12. The Hall–Kier alpha value is -1.68. The van der Waals surface area contributed by atoms with Crippen LogP contribution in [0.3, 0.4) is 0 Å². The molecule has 3 N–H and O–H groups in total. The lowest BCUT2D eigenvalue weighted by molar-refractivity contribution is 0.615. The molecule has 3 nitrogen and oxygen atoms in total. The van der Waals surface area contributed by atoms with E-state index in [-0.39, 0.29) is 0 Å². The van der Waals surface area contributed by atoms with Crippen LogP contribution >= 0.6 is 12.2 Å². The molecule has 4 heteroatoms. The van der Waals surface area contributed by atoms with Crippen LogP contribution in [0.4, 0.5) is 5.69 Å². The van der Waals surface area contributed by atoms with E-state index >= 15 is 0 Å². The van der Waals surface area contributed by atoms with Crippen LogP contribution in [-0.4, -0.2) is 16.0 Å². The summed E-state index contributed by atoms with van der Waals surface area (Å²) in [4.78, 5) is 4.82. The molecule has 0 saturated heterocycles. The van der Waals surface area contributed by atoms with E-state index in [9.17, 15) is 0 Å². The van der Waals surface area contributed by atoms with Crippen molar-refractivity contribution in [2.75, 3.05) is 5.32 Å². The summed E-state index contributed by atoms with van der Waals surface area (Å²) in [6.07, 6.45) is 6.65. The molecule has 0 saturated carbocycles. The number of benzene rings is 1. The van der Waals surface area contributed by atoms with Crippen molar-refractivity contribution in [1.82, 2.24) is 4.98 Å². The molecule has 2 rings (SSSR count). The van der Waals surface area contributed by atoms with Gasteiger partial charge in [-0.05, 0) is 19.4 Å². The highest BCUT2D eigenvalue weighted by Gasteiger charge is 2.13. The molecule has 21 heavy (non-hydrogen) atoms. The third kappa shape index (κ3) is 3.91. The van der Waals surface area contributed by atoms with Crippen molar-refractivity contribution < 1.29 is 0 Å². The van der Waals surface area contributed by atoms with Crippen LogP contribution in [0.25, 0.3) is 10.9 Å². The largest absolute Gasteiger partial charge is 0.389 e. The standard InChI is InChI=1S/C17H23N3S/c1-3-4-5-8-12(2)20-16-13-9-6-7-10-15(13)19-11-14(16)17(18)21/h6-7,9-12H,3-5,8H2,1-2H3,(H2,18,21)(H,19,20). The Labute approximate surface area is 132 Å². The van der Waals surface area contributed by atoms with E-state index in [1.807, 2.05) is 18.2 Å². The molecule has 0 bridgehead atoms. The Bertz CT molecular complexity index is 624. The number of nitrogens with two attached hydrogens (primary N) is 1. The number of rotatable bonds is 7. The number of unbranched alkanes of at least 4 members (excludes halogenated alkanes) is 2. The molecule has 0 radical (unpaired) electrons. The summed E-state index contributed by atoms with van der Waals surface area (Å²) >= 11 is 5.17. The van der Waals surface area contributed by atoms with Gasteiger partial charge in [-0.1, -0.05) is 56.6 Å². The van der Waals surface area contributed by atoms with Crippen LogP contribution in [0, 0.1) is 0 Å². The van der Waals surface area contributed by atoms with E-state index in [1.54, 1.807) is 6.20 Å². The molecule has 0 fully saturated rings. The lowest BCUT2D eigenvalue weighted by Crippen LogP contribution is -2.20. The van der Waals surface area contributed by atoms with Crippen LogP contribution in [0.15, 0.2) is 30.5 Å². The number of hydrogen-bond acceptors (Lipinski definition) is 3. The van der Waals surface area contributed by atoms with Gasteiger partial charge in [-0.2, -0.15) is 0 Å². The number of thiocarbonyl (C=S) groups is 1. The highest BCUT2D eigenvalue weighted by Crippen LogP contribution is 2.27. The molecule has 0 spiro atoms. The maximum Gasteiger partial charge on any atom is 0.107 e. The van der Waals surface area contributed by atoms with Crippen molar-refractivity contribution in [2.24, 2.45) is 5.73 Å². The average Bonchev–Trinajstić information content (AvgIpc) is 2.47. The minimum atomic E-state index is 0.385. The zero-order chi connectivity index (χ0) is 15.2. The second-order valence-electron chi connectivity index (χ2n) is 5.47. The molecule has 0 aliphatic carbocycles. The first-order chi connectivity index (χ1) is 10.1. The number of hydrogen-bond donors (Lipinski definition) is 2. The number of para-hydroxylation sites is 1. The third-order valence-electron chi connectivity index (χ3n) is 3.67. The van der Waals surface area contributed by atoms with Gasteiger partial charge in [0, 0.05) is 17.6 Å². The average molecular weight is 301 g/mol. The van der Waals surface area contributed by atoms with Crippen molar-refractivity contribution in [2.45, 2.75) is 45.6 Å². The topological polar surface area (TPSA) is 50.9 Å². The first-order valence-electron chi connectivity index (χ1n) is 7.57. The summed E-state index contributed by atoms with van der Waals surface area (Å²) in [7, 11) is 0. The molecular formula is C17H23N3S. The number of nitrogens with zero attached hydrogens (tertiary/aromatic N) is 1. The summed E-state index contributed by atoms with van der Waals surface area (Å²) in [6, 6.07) is 8.46. The lowest BCUT2D eigenvalue weighted by atomic mass is 10.1. The highest BCUT2D eigenvalue weighted by molar-refractivity contribution is 7.80. The second-order valence-corrected chi connectivity index (χ2v) is 5.91. The predicted molar refractivity (Wildman–Crippen MR) is 94.9 cm³/mol. The van der Waals surface area contributed by atoms with Gasteiger partial charge in [0.1, 0.15) is 4.99 Å². The number of fused-ring (bicyclic) bond motifs is 1. The van der Waals surface area contributed by atoms with Crippen molar-refractivity contribution >= 4 is 33.8 Å². The Kier molecular flexibility index (Phi) is 5.51. The Balaban J connectivity index is 2.31. The fraction of sp³-hybridized carbons (Fsp3) is 0.412. The normalized spacial score (nSPS) is 12.3. The summed E-state index contributed by atoms with van der Waals surface area (Å²) in [5.41, 5.74) is 8.65. The molecule has 0 amide bonds. The summed E-state index contributed by atoms with van der Waals surface area (Å²) < 4.78 is 0. The highest BCUT2D eigenvalue weighted by atomic mass is 32.1. The van der Waals surface area contributed by atoms with E-state index in [0.29, 0.717) is 11.0 Å². The molecule has 1 aromatic carbocycles. The molecule has 1 aromatic heterocycles. The van der Waals surface area contributed by atoms with E-state index in [2.05, 4.69) is 30.2 Å². The Morgan fingerprint density at radius 1 is 1.33 bits per heavy atom. The maximum atomic E-state index is 5.85. The van der Waals surface area contributed by atoms with Gasteiger partial charge in [0.25, 0.3) is 0 Å². The smallest absolute Gasteiger partial charge is 0.107 e. The van der Waals surface area contributed by atoms with Gasteiger partial charge in [0.05, 0.1) is 16.8 Å².